The molecule has 3 aliphatic rings. The summed E-state index contributed by atoms with van der Waals surface area (Å²) in [5.41, 5.74) is 3.25. The Hall–Kier alpha value is -2.16. The zero-order valence-electron chi connectivity index (χ0n) is 20.1. The van der Waals surface area contributed by atoms with Gasteiger partial charge in [-0.3, -0.25) is 5.32 Å². The molecule has 34 heavy (non-hydrogen) atoms. The number of hydrogen-bond acceptors (Lipinski definition) is 6. The van der Waals surface area contributed by atoms with E-state index in [1.807, 2.05) is 10.3 Å². The number of anilines is 1. The van der Waals surface area contributed by atoms with Crippen LogP contribution in [0.5, 0.6) is 5.75 Å². The van der Waals surface area contributed by atoms with Gasteiger partial charge in [0.2, 0.25) is 0 Å². The number of piperidine rings is 1. The summed E-state index contributed by atoms with van der Waals surface area (Å²) in [6, 6.07) is 6.70. The van der Waals surface area contributed by atoms with E-state index in [-0.39, 0.29) is 12.1 Å². The van der Waals surface area contributed by atoms with E-state index in [1.165, 1.54) is 61.8 Å². The van der Waals surface area contributed by atoms with Gasteiger partial charge in [0.1, 0.15) is 5.75 Å². The minimum Gasteiger partial charge on any atom is -0.496 e. The van der Waals surface area contributed by atoms with Crippen molar-refractivity contribution in [2.24, 2.45) is 5.92 Å². The van der Waals surface area contributed by atoms with Gasteiger partial charge in [0, 0.05) is 36.6 Å². The molecule has 8 heteroatoms. The second-order valence-electron chi connectivity index (χ2n) is 9.83. The molecule has 2 saturated heterocycles. The van der Waals surface area contributed by atoms with Gasteiger partial charge in [-0.25, -0.2) is 9.78 Å². The average Bonchev–Trinajstić information content (AvgIpc) is 3.37. The number of nitrogens with one attached hydrogen (secondary N) is 3. The predicted octanol–water partition coefficient (Wildman–Crippen LogP) is 4.67. The van der Waals surface area contributed by atoms with Gasteiger partial charge < -0.3 is 20.3 Å². The first-order valence-electron chi connectivity index (χ1n) is 12.9. The highest BCUT2D eigenvalue weighted by Crippen LogP contribution is 2.38. The molecule has 0 spiro atoms. The van der Waals surface area contributed by atoms with E-state index in [2.05, 4.69) is 34.1 Å². The van der Waals surface area contributed by atoms with Crippen molar-refractivity contribution in [2.45, 2.75) is 56.9 Å². The van der Waals surface area contributed by atoms with Crippen LogP contribution >= 0.6 is 11.3 Å². The number of ether oxygens (including phenoxy) is 1. The molecular weight excluding hydrogens is 446 g/mol. The number of urea groups is 1. The molecule has 2 aliphatic heterocycles. The fraction of sp³-hybridized carbons (Fsp3) is 0.615. The Bertz CT molecular complexity index is 968. The van der Waals surface area contributed by atoms with Crippen molar-refractivity contribution in [1.82, 2.24) is 20.5 Å². The van der Waals surface area contributed by atoms with E-state index in [4.69, 9.17) is 9.72 Å². The lowest BCUT2D eigenvalue weighted by molar-refractivity contribution is 0.124. The highest BCUT2D eigenvalue weighted by Gasteiger charge is 2.34. The fourth-order valence-electron chi connectivity index (χ4n) is 5.84. The van der Waals surface area contributed by atoms with E-state index in [1.54, 1.807) is 7.11 Å². The molecule has 3 heterocycles. The third kappa shape index (κ3) is 5.24. The van der Waals surface area contributed by atoms with Gasteiger partial charge in [-0.2, -0.15) is 0 Å². The molecule has 3 fully saturated rings. The van der Waals surface area contributed by atoms with E-state index in [0.717, 1.165) is 49.7 Å². The molecule has 2 atom stereocenters. The van der Waals surface area contributed by atoms with Gasteiger partial charge >= 0.3 is 6.03 Å². The lowest BCUT2D eigenvalue weighted by Gasteiger charge is -2.42. The number of aromatic nitrogens is 1. The highest BCUT2D eigenvalue weighted by molar-refractivity contribution is 7.14. The predicted molar refractivity (Wildman–Crippen MR) is 138 cm³/mol. The molecular formula is C26H37N5O2S. The summed E-state index contributed by atoms with van der Waals surface area (Å²) >= 11 is 1.48. The fourth-order valence-corrected chi connectivity index (χ4v) is 6.54. The van der Waals surface area contributed by atoms with Crippen LogP contribution in [-0.4, -0.2) is 61.8 Å². The van der Waals surface area contributed by atoms with E-state index < -0.39 is 0 Å². The number of thiazole rings is 1. The molecule has 2 unspecified atom stereocenters. The van der Waals surface area contributed by atoms with Crippen LogP contribution in [0, 0.1) is 5.92 Å². The Morgan fingerprint density at radius 3 is 2.76 bits per heavy atom. The topological polar surface area (TPSA) is 78.5 Å². The van der Waals surface area contributed by atoms with Crippen LogP contribution in [0.1, 0.15) is 56.4 Å². The quantitative estimate of drug-likeness (QED) is 0.576. The number of carbonyl (C=O) groups is 1. The summed E-state index contributed by atoms with van der Waals surface area (Å²) in [4.78, 5) is 20.1. The minimum atomic E-state index is -0.0408. The maximum atomic E-state index is 13.3. The maximum Gasteiger partial charge on any atom is 0.323 e. The van der Waals surface area contributed by atoms with E-state index in [9.17, 15) is 4.79 Å². The summed E-state index contributed by atoms with van der Waals surface area (Å²) < 4.78 is 5.67. The van der Waals surface area contributed by atoms with Crippen LogP contribution in [0.25, 0.3) is 11.3 Å². The summed E-state index contributed by atoms with van der Waals surface area (Å²) in [6.07, 6.45) is 8.82. The number of benzene rings is 1. The minimum absolute atomic E-state index is 0.0408. The molecule has 0 radical (unpaired) electrons. The van der Waals surface area contributed by atoms with Crippen molar-refractivity contribution in [2.75, 3.05) is 45.2 Å². The zero-order chi connectivity index (χ0) is 23.3. The lowest BCUT2D eigenvalue weighted by Crippen LogP contribution is -2.59. The molecule has 7 nitrogen and oxygen atoms in total. The third-order valence-electron chi connectivity index (χ3n) is 7.72. The van der Waals surface area contributed by atoms with Crippen molar-refractivity contribution < 1.29 is 9.53 Å². The molecule has 5 rings (SSSR count). The van der Waals surface area contributed by atoms with Crippen molar-refractivity contribution in [1.29, 1.82) is 0 Å². The van der Waals surface area contributed by atoms with Crippen LogP contribution in [0.15, 0.2) is 23.6 Å². The largest absolute Gasteiger partial charge is 0.496 e. The van der Waals surface area contributed by atoms with Gasteiger partial charge in [-0.15, -0.1) is 11.3 Å². The van der Waals surface area contributed by atoms with Crippen molar-refractivity contribution in [3.05, 3.63) is 29.1 Å². The summed E-state index contributed by atoms with van der Waals surface area (Å²) in [6.45, 7) is 4.47. The molecule has 1 saturated carbocycles. The SMILES string of the molecule is COc1ccc(C2CCCCC2)cc1-c1csc(NC(=O)N2CCNCC2C2CCCNC2)n1. The van der Waals surface area contributed by atoms with Crippen LogP contribution < -0.4 is 20.7 Å². The van der Waals surface area contributed by atoms with Crippen molar-refractivity contribution in [3.63, 3.8) is 0 Å². The summed E-state index contributed by atoms with van der Waals surface area (Å²) in [7, 11) is 1.71. The van der Waals surface area contributed by atoms with Gasteiger partial charge in [0.15, 0.2) is 5.13 Å². The number of carbonyl (C=O) groups excluding carboxylic acids is 1. The number of piperazine rings is 1. The van der Waals surface area contributed by atoms with E-state index in [0.29, 0.717) is 17.0 Å². The van der Waals surface area contributed by atoms with Crippen LogP contribution in [0.3, 0.4) is 0 Å². The number of rotatable bonds is 5. The Balaban J connectivity index is 1.31. The first-order chi connectivity index (χ1) is 16.7. The second-order valence-corrected chi connectivity index (χ2v) is 10.7. The molecule has 2 aromatic rings. The molecule has 0 bridgehead atoms. The Morgan fingerprint density at radius 1 is 1.12 bits per heavy atom. The monoisotopic (exact) mass is 483 g/mol. The Labute approximate surface area is 206 Å². The van der Waals surface area contributed by atoms with Gasteiger partial charge in [-0.1, -0.05) is 25.3 Å². The number of methoxy groups -OCH3 is 1. The molecule has 1 aromatic carbocycles. The average molecular weight is 484 g/mol. The van der Waals surface area contributed by atoms with Gasteiger partial charge in [0.05, 0.1) is 12.8 Å². The van der Waals surface area contributed by atoms with Gasteiger partial charge in [-0.05, 0) is 68.3 Å². The van der Waals surface area contributed by atoms with E-state index >= 15 is 0 Å². The number of hydrogen-bond donors (Lipinski definition) is 3. The van der Waals surface area contributed by atoms with Gasteiger partial charge in [0.25, 0.3) is 0 Å². The normalized spacial score (nSPS) is 24.1. The first kappa shape index (κ1) is 23.6. The third-order valence-corrected chi connectivity index (χ3v) is 8.48. The Kier molecular flexibility index (Phi) is 7.67. The van der Waals surface area contributed by atoms with Crippen LogP contribution in [0.2, 0.25) is 0 Å². The summed E-state index contributed by atoms with van der Waals surface area (Å²) in [5, 5.41) is 12.7. The van der Waals surface area contributed by atoms with Crippen LogP contribution in [-0.2, 0) is 0 Å². The standard InChI is InChI=1S/C26H37N5O2S/c1-33-24-10-9-19(18-6-3-2-4-7-18)14-21(24)22-17-34-25(29-22)30-26(32)31-13-12-28-16-23(31)20-8-5-11-27-15-20/h9-10,14,17-18,20,23,27-28H,2-8,11-13,15-16H2,1H3,(H,29,30,32). The summed E-state index contributed by atoms with van der Waals surface area (Å²) in [5.74, 6) is 1.94. The molecule has 3 N–H and O–H groups in total. The number of amides is 2. The molecule has 2 amide bonds. The molecule has 1 aromatic heterocycles. The highest BCUT2D eigenvalue weighted by atomic mass is 32.1. The lowest BCUT2D eigenvalue weighted by atomic mass is 9.83. The van der Waals surface area contributed by atoms with Crippen molar-refractivity contribution >= 4 is 22.5 Å². The Morgan fingerprint density at radius 2 is 1.97 bits per heavy atom. The van der Waals surface area contributed by atoms with Crippen LogP contribution in [0.4, 0.5) is 9.93 Å². The maximum absolute atomic E-state index is 13.3. The second kappa shape index (κ2) is 11.1. The zero-order valence-corrected chi connectivity index (χ0v) is 21.0. The molecule has 1 aliphatic carbocycles. The number of nitrogens with zero attached hydrogens (tertiary/aromatic N) is 2. The first-order valence-corrected chi connectivity index (χ1v) is 13.7. The smallest absolute Gasteiger partial charge is 0.323 e. The molecule has 184 valence electrons. The van der Waals surface area contributed by atoms with Crippen molar-refractivity contribution in [3.8, 4) is 17.0 Å².